The maximum absolute atomic E-state index is 13.1. The number of hydrogen-bond donors (Lipinski definition) is 1. The van der Waals surface area contributed by atoms with Crippen molar-refractivity contribution in [2.75, 3.05) is 25.1 Å². The fourth-order valence-corrected chi connectivity index (χ4v) is 4.68. The van der Waals surface area contributed by atoms with Crippen molar-refractivity contribution < 1.29 is 17.9 Å². The van der Waals surface area contributed by atoms with Gasteiger partial charge < -0.3 is 15.4 Å². The largest absolute Gasteiger partial charge is 0.416 e. The molecule has 0 radical (unpaired) electrons. The molecule has 174 valence electrons. The molecular weight excluding hydrogens is 474 g/mol. The van der Waals surface area contributed by atoms with Gasteiger partial charge in [0.05, 0.1) is 17.4 Å². The molecule has 4 nitrogen and oxygen atoms in total. The molecule has 0 aliphatic carbocycles. The summed E-state index contributed by atoms with van der Waals surface area (Å²) in [5, 5.41) is 0.942. The second-order valence-electron chi connectivity index (χ2n) is 7.99. The molecule has 2 heterocycles. The number of ether oxygens (including phenoxy) is 1. The fraction of sp³-hybridized carbons (Fsp3) is 0.292. The molecule has 2 atom stereocenters. The van der Waals surface area contributed by atoms with E-state index in [1.807, 2.05) is 0 Å². The van der Waals surface area contributed by atoms with Crippen molar-refractivity contribution in [3.05, 3.63) is 70.5 Å². The van der Waals surface area contributed by atoms with Crippen LogP contribution in [0.5, 0.6) is 0 Å². The molecule has 0 bridgehead atoms. The Balaban J connectivity index is 1.88. The predicted molar refractivity (Wildman–Crippen MR) is 126 cm³/mol. The number of aromatic nitrogens is 1. The Hall–Kier alpha value is -2.32. The topological polar surface area (TPSA) is 51.4 Å². The van der Waals surface area contributed by atoms with Gasteiger partial charge in [-0.15, -0.1) is 0 Å². The summed E-state index contributed by atoms with van der Waals surface area (Å²) in [7, 11) is 1.62. The highest BCUT2D eigenvalue weighted by Crippen LogP contribution is 2.42. The average Bonchev–Trinajstić information content (AvgIpc) is 2.78. The minimum Gasteiger partial charge on any atom is -0.378 e. The van der Waals surface area contributed by atoms with Crippen LogP contribution in [-0.2, 0) is 10.9 Å². The van der Waals surface area contributed by atoms with E-state index in [0.29, 0.717) is 40.7 Å². The van der Waals surface area contributed by atoms with Gasteiger partial charge in [-0.25, -0.2) is 0 Å². The van der Waals surface area contributed by atoms with Crippen LogP contribution in [0.15, 0.2) is 54.9 Å². The van der Waals surface area contributed by atoms with E-state index in [0.717, 1.165) is 28.9 Å². The quantitative estimate of drug-likeness (QED) is 0.461. The Bertz CT molecular complexity index is 1120. The van der Waals surface area contributed by atoms with Crippen molar-refractivity contribution in [3.8, 4) is 22.3 Å². The molecule has 1 aliphatic rings. The number of piperidine rings is 1. The van der Waals surface area contributed by atoms with E-state index in [-0.39, 0.29) is 12.1 Å². The smallest absolute Gasteiger partial charge is 0.378 e. The molecule has 1 aliphatic heterocycles. The van der Waals surface area contributed by atoms with Crippen molar-refractivity contribution in [3.63, 3.8) is 0 Å². The number of benzene rings is 2. The zero-order chi connectivity index (χ0) is 23.8. The summed E-state index contributed by atoms with van der Waals surface area (Å²) in [4.78, 5) is 6.52. The Morgan fingerprint density at radius 3 is 2.18 bits per heavy atom. The van der Waals surface area contributed by atoms with Crippen molar-refractivity contribution in [2.45, 2.75) is 24.7 Å². The molecular formula is C24H22Cl2F3N3O. The van der Waals surface area contributed by atoms with Crippen molar-refractivity contribution in [1.82, 2.24) is 4.98 Å². The van der Waals surface area contributed by atoms with Crippen LogP contribution >= 0.6 is 23.2 Å². The third-order valence-corrected chi connectivity index (χ3v) is 6.28. The van der Waals surface area contributed by atoms with E-state index in [4.69, 9.17) is 33.7 Å². The van der Waals surface area contributed by atoms with Crippen molar-refractivity contribution in [2.24, 2.45) is 5.73 Å². The second kappa shape index (κ2) is 9.50. The van der Waals surface area contributed by atoms with Crippen LogP contribution in [-0.4, -0.2) is 37.3 Å². The van der Waals surface area contributed by atoms with Gasteiger partial charge in [0.1, 0.15) is 0 Å². The fourth-order valence-electron chi connectivity index (χ4n) is 4.15. The number of pyridine rings is 1. The lowest BCUT2D eigenvalue weighted by molar-refractivity contribution is -0.137. The maximum Gasteiger partial charge on any atom is 0.416 e. The molecule has 1 saturated heterocycles. The zero-order valence-electron chi connectivity index (χ0n) is 17.7. The van der Waals surface area contributed by atoms with Gasteiger partial charge in [-0.05, 0) is 47.9 Å². The lowest BCUT2D eigenvalue weighted by Gasteiger charge is -2.39. The number of rotatable bonds is 4. The summed E-state index contributed by atoms with van der Waals surface area (Å²) < 4.78 is 44.9. The Morgan fingerprint density at radius 1 is 1.00 bits per heavy atom. The average molecular weight is 496 g/mol. The lowest BCUT2D eigenvalue weighted by atomic mass is 9.94. The first-order valence-corrected chi connectivity index (χ1v) is 11.1. The Labute approximate surface area is 200 Å². The first-order valence-electron chi connectivity index (χ1n) is 10.3. The van der Waals surface area contributed by atoms with Crippen LogP contribution in [0, 0.1) is 0 Å². The molecule has 2 aromatic carbocycles. The van der Waals surface area contributed by atoms with E-state index in [2.05, 4.69) is 9.88 Å². The number of methoxy groups -OCH3 is 1. The highest BCUT2D eigenvalue weighted by atomic mass is 35.5. The zero-order valence-corrected chi connectivity index (χ0v) is 19.3. The van der Waals surface area contributed by atoms with Crippen LogP contribution in [0.3, 0.4) is 0 Å². The molecule has 4 rings (SSSR count). The van der Waals surface area contributed by atoms with Gasteiger partial charge in [-0.3, -0.25) is 4.98 Å². The van der Waals surface area contributed by atoms with Crippen LogP contribution in [0.2, 0.25) is 10.0 Å². The SMILES string of the molecule is COC1CN(c2c(-c3ccc(C(F)(F)F)cc3)cncc2-c2cc(Cl)cc(Cl)c2)CCC1N. The monoisotopic (exact) mass is 495 g/mol. The Morgan fingerprint density at radius 2 is 1.61 bits per heavy atom. The summed E-state index contributed by atoms with van der Waals surface area (Å²) >= 11 is 12.5. The minimum absolute atomic E-state index is 0.105. The third kappa shape index (κ3) is 5.11. The van der Waals surface area contributed by atoms with E-state index in [1.165, 1.54) is 12.1 Å². The normalized spacial score (nSPS) is 19.1. The standard InChI is InChI=1S/C24H22Cl2F3N3O/c1-33-22-13-32(7-6-21(22)30)23-19(14-2-4-16(5-3-14)24(27,28)29)11-31-12-20(23)15-8-17(25)10-18(26)9-15/h2-5,8-12,21-22H,6-7,13,30H2,1H3. The molecule has 0 saturated carbocycles. The Kier molecular flexibility index (Phi) is 6.86. The lowest BCUT2D eigenvalue weighted by Crippen LogP contribution is -2.51. The van der Waals surface area contributed by atoms with Crippen LogP contribution in [0.1, 0.15) is 12.0 Å². The van der Waals surface area contributed by atoms with Crippen molar-refractivity contribution in [1.29, 1.82) is 0 Å². The molecule has 3 aromatic rings. The summed E-state index contributed by atoms with van der Waals surface area (Å²) in [5.74, 6) is 0. The molecule has 9 heteroatoms. The molecule has 1 aromatic heterocycles. The van der Waals surface area contributed by atoms with Crippen molar-refractivity contribution >= 4 is 28.9 Å². The van der Waals surface area contributed by atoms with E-state index in [9.17, 15) is 13.2 Å². The van der Waals surface area contributed by atoms with Gasteiger partial charge in [0, 0.05) is 59.8 Å². The number of halogens is 5. The minimum atomic E-state index is -4.41. The van der Waals surface area contributed by atoms with Gasteiger partial charge in [-0.2, -0.15) is 13.2 Å². The molecule has 1 fully saturated rings. The summed E-state index contributed by atoms with van der Waals surface area (Å²) in [6.45, 7) is 1.18. The highest BCUT2D eigenvalue weighted by Gasteiger charge is 2.32. The number of hydrogen-bond acceptors (Lipinski definition) is 4. The first-order chi connectivity index (χ1) is 15.7. The number of nitrogens with two attached hydrogens (primary N) is 1. The van der Waals surface area contributed by atoms with Gasteiger partial charge in [0.2, 0.25) is 0 Å². The first kappa shape index (κ1) is 23.8. The van der Waals surface area contributed by atoms with E-state index in [1.54, 1.807) is 37.7 Å². The van der Waals surface area contributed by atoms with Gasteiger partial charge in [-0.1, -0.05) is 35.3 Å². The van der Waals surface area contributed by atoms with Crippen LogP contribution < -0.4 is 10.6 Å². The molecule has 0 amide bonds. The van der Waals surface area contributed by atoms with Gasteiger partial charge in [0.15, 0.2) is 0 Å². The summed E-state index contributed by atoms with van der Waals surface area (Å²) in [6.07, 6.45) is -0.537. The number of alkyl halides is 3. The maximum atomic E-state index is 13.1. The van der Waals surface area contributed by atoms with Crippen LogP contribution in [0.4, 0.5) is 18.9 Å². The predicted octanol–water partition coefficient (Wildman–Crippen LogP) is 6.29. The second-order valence-corrected chi connectivity index (χ2v) is 8.86. The molecule has 0 spiro atoms. The van der Waals surface area contributed by atoms with E-state index < -0.39 is 11.7 Å². The highest BCUT2D eigenvalue weighted by molar-refractivity contribution is 6.35. The molecule has 33 heavy (non-hydrogen) atoms. The molecule has 2 unspecified atom stereocenters. The van der Waals surface area contributed by atoms with Gasteiger partial charge >= 0.3 is 6.18 Å². The number of anilines is 1. The summed E-state index contributed by atoms with van der Waals surface area (Å²) in [6, 6.07) is 10.2. The third-order valence-electron chi connectivity index (χ3n) is 5.84. The summed E-state index contributed by atoms with van der Waals surface area (Å²) in [5.41, 5.74) is 9.16. The number of nitrogens with zero attached hydrogens (tertiary/aromatic N) is 2. The molecule has 2 N–H and O–H groups in total. The van der Waals surface area contributed by atoms with Crippen LogP contribution in [0.25, 0.3) is 22.3 Å². The van der Waals surface area contributed by atoms with E-state index >= 15 is 0 Å². The van der Waals surface area contributed by atoms with Gasteiger partial charge in [0.25, 0.3) is 0 Å².